The molecular formula is C15H18N2O3. The van der Waals surface area contributed by atoms with Crippen LogP contribution < -0.4 is 5.69 Å². The van der Waals surface area contributed by atoms with Gasteiger partial charge in [-0.3, -0.25) is 4.57 Å². The third-order valence-electron chi connectivity index (χ3n) is 4.33. The monoisotopic (exact) mass is 274 g/mol. The Morgan fingerprint density at radius 2 is 2.00 bits per heavy atom. The van der Waals surface area contributed by atoms with E-state index in [-0.39, 0.29) is 17.3 Å². The number of benzene rings is 1. The fourth-order valence-corrected chi connectivity index (χ4v) is 3.19. The first-order valence-electron chi connectivity index (χ1n) is 7.04. The van der Waals surface area contributed by atoms with Crippen molar-refractivity contribution in [3.05, 3.63) is 34.2 Å². The van der Waals surface area contributed by atoms with E-state index in [4.69, 9.17) is 0 Å². The average Bonchev–Trinajstić information content (AvgIpc) is 2.75. The summed E-state index contributed by atoms with van der Waals surface area (Å²) < 4.78 is 1.74. The molecule has 5 heteroatoms. The molecule has 0 amide bonds. The normalized spacial score (nSPS) is 23.1. The quantitative estimate of drug-likeness (QED) is 0.884. The maximum Gasteiger partial charge on any atom is 0.337 e. The Kier molecular flexibility index (Phi) is 3.12. The lowest BCUT2D eigenvalue weighted by Gasteiger charge is -2.27. The maximum atomic E-state index is 12.2. The molecule has 1 heterocycles. The van der Waals surface area contributed by atoms with Crippen molar-refractivity contribution in [1.82, 2.24) is 9.55 Å². The van der Waals surface area contributed by atoms with Crippen LogP contribution in [0, 0.1) is 5.92 Å². The highest BCUT2D eigenvalue weighted by Gasteiger charge is 2.24. The number of nitrogens with zero attached hydrogens (tertiary/aromatic N) is 1. The molecule has 1 fully saturated rings. The van der Waals surface area contributed by atoms with E-state index >= 15 is 0 Å². The lowest BCUT2D eigenvalue weighted by atomic mass is 9.87. The SMILES string of the molecule is CC1CCC(n2c(=O)[nH]c3c(C(=O)O)cccc32)CC1. The number of aromatic carboxylic acids is 1. The Hall–Kier alpha value is -2.04. The van der Waals surface area contributed by atoms with Crippen LogP contribution in [0.2, 0.25) is 0 Å². The number of hydrogen-bond acceptors (Lipinski definition) is 2. The molecular weight excluding hydrogens is 256 g/mol. The first-order chi connectivity index (χ1) is 9.58. The number of nitrogens with one attached hydrogen (secondary N) is 1. The summed E-state index contributed by atoms with van der Waals surface area (Å²) >= 11 is 0. The Morgan fingerprint density at radius 1 is 1.30 bits per heavy atom. The number of imidazole rings is 1. The molecule has 0 aliphatic heterocycles. The van der Waals surface area contributed by atoms with E-state index < -0.39 is 5.97 Å². The molecule has 3 rings (SSSR count). The number of aromatic nitrogens is 2. The van der Waals surface area contributed by atoms with Crippen LogP contribution in [0.1, 0.15) is 49.0 Å². The highest BCUT2D eigenvalue weighted by Crippen LogP contribution is 2.32. The van der Waals surface area contributed by atoms with Crippen molar-refractivity contribution < 1.29 is 9.90 Å². The summed E-state index contributed by atoms with van der Waals surface area (Å²) in [6.07, 6.45) is 4.18. The zero-order valence-electron chi connectivity index (χ0n) is 11.4. The lowest BCUT2D eigenvalue weighted by molar-refractivity contribution is 0.0699. The second kappa shape index (κ2) is 4.81. The van der Waals surface area contributed by atoms with Crippen LogP contribution in [0.5, 0.6) is 0 Å². The summed E-state index contributed by atoms with van der Waals surface area (Å²) in [5.41, 5.74) is 1.09. The van der Waals surface area contributed by atoms with Crippen LogP contribution in [0.25, 0.3) is 11.0 Å². The molecule has 1 aliphatic carbocycles. The first kappa shape index (κ1) is 13.0. The first-order valence-corrected chi connectivity index (χ1v) is 7.04. The van der Waals surface area contributed by atoms with Crippen molar-refractivity contribution in [3.63, 3.8) is 0 Å². The molecule has 0 saturated heterocycles. The van der Waals surface area contributed by atoms with E-state index in [0.29, 0.717) is 17.0 Å². The van der Waals surface area contributed by atoms with Gasteiger partial charge in [-0.2, -0.15) is 0 Å². The van der Waals surface area contributed by atoms with Gasteiger partial charge in [0.05, 0.1) is 16.6 Å². The molecule has 1 saturated carbocycles. The summed E-state index contributed by atoms with van der Waals surface area (Å²) in [5.74, 6) is -0.303. The number of hydrogen-bond donors (Lipinski definition) is 2. The van der Waals surface area contributed by atoms with Gasteiger partial charge in [-0.25, -0.2) is 9.59 Å². The Morgan fingerprint density at radius 3 is 2.65 bits per heavy atom. The number of rotatable bonds is 2. The predicted molar refractivity (Wildman–Crippen MR) is 76.2 cm³/mol. The topological polar surface area (TPSA) is 75.1 Å². The van der Waals surface area contributed by atoms with Gasteiger partial charge in [0, 0.05) is 6.04 Å². The Labute approximate surface area is 116 Å². The van der Waals surface area contributed by atoms with Gasteiger partial charge in [0.2, 0.25) is 0 Å². The second-order valence-corrected chi connectivity index (χ2v) is 5.72. The van der Waals surface area contributed by atoms with E-state index in [0.717, 1.165) is 25.7 Å². The number of carbonyl (C=O) groups is 1. The van der Waals surface area contributed by atoms with Crippen LogP contribution in [0.3, 0.4) is 0 Å². The molecule has 0 atom stereocenters. The summed E-state index contributed by atoms with van der Waals surface area (Å²) in [6.45, 7) is 2.23. The average molecular weight is 274 g/mol. The van der Waals surface area contributed by atoms with Crippen molar-refractivity contribution in [1.29, 1.82) is 0 Å². The third kappa shape index (κ3) is 2.03. The molecule has 0 bridgehead atoms. The molecule has 0 unspecified atom stereocenters. The molecule has 1 aliphatic rings. The number of carboxylic acids is 1. The van der Waals surface area contributed by atoms with E-state index in [1.54, 1.807) is 10.6 Å². The van der Waals surface area contributed by atoms with Crippen molar-refractivity contribution in [3.8, 4) is 0 Å². The second-order valence-electron chi connectivity index (χ2n) is 5.72. The predicted octanol–water partition coefficient (Wildman–Crippen LogP) is 2.78. The minimum Gasteiger partial charge on any atom is -0.478 e. The van der Waals surface area contributed by atoms with Crippen LogP contribution >= 0.6 is 0 Å². The van der Waals surface area contributed by atoms with Gasteiger partial charge in [0.15, 0.2) is 0 Å². The number of carboxylic acid groups (broad SMARTS) is 1. The summed E-state index contributed by atoms with van der Waals surface area (Å²) in [6, 6.07) is 5.21. The van der Waals surface area contributed by atoms with Crippen molar-refractivity contribution in [2.24, 2.45) is 5.92 Å². The molecule has 1 aromatic heterocycles. The van der Waals surface area contributed by atoms with Gasteiger partial charge in [-0.15, -0.1) is 0 Å². The molecule has 106 valence electrons. The number of aromatic amines is 1. The van der Waals surface area contributed by atoms with Gasteiger partial charge < -0.3 is 10.1 Å². The van der Waals surface area contributed by atoms with Crippen LogP contribution in [0.4, 0.5) is 0 Å². The number of H-pyrrole nitrogens is 1. The van der Waals surface area contributed by atoms with E-state index in [2.05, 4.69) is 11.9 Å². The third-order valence-corrected chi connectivity index (χ3v) is 4.33. The number of fused-ring (bicyclic) bond motifs is 1. The number of para-hydroxylation sites is 1. The molecule has 5 nitrogen and oxygen atoms in total. The zero-order valence-corrected chi connectivity index (χ0v) is 11.4. The highest BCUT2D eigenvalue weighted by atomic mass is 16.4. The molecule has 20 heavy (non-hydrogen) atoms. The fourth-order valence-electron chi connectivity index (χ4n) is 3.19. The molecule has 0 spiro atoms. The lowest BCUT2D eigenvalue weighted by Crippen LogP contribution is -2.25. The van der Waals surface area contributed by atoms with Gasteiger partial charge in [-0.1, -0.05) is 13.0 Å². The maximum absolute atomic E-state index is 12.2. The molecule has 0 radical (unpaired) electrons. The minimum absolute atomic E-state index is 0.155. The van der Waals surface area contributed by atoms with Crippen LogP contribution in [-0.4, -0.2) is 20.6 Å². The Bertz CT molecular complexity index is 705. The van der Waals surface area contributed by atoms with Crippen molar-refractivity contribution in [2.75, 3.05) is 0 Å². The molecule has 2 N–H and O–H groups in total. The van der Waals surface area contributed by atoms with E-state index in [1.807, 2.05) is 6.07 Å². The van der Waals surface area contributed by atoms with Crippen molar-refractivity contribution in [2.45, 2.75) is 38.6 Å². The van der Waals surface area contributed by atoms with E-state index in [1.165, 1.54) is 6.07 Å². The van der Waals surface area contributed by atoms with Gasteiger partial charge in [0.1, 0.15) is 0 Å². The standard InChI is InChI=1S/C15H18N2O3/c1-9-5-7-10(8-6-9)17-12-4-2-3-11(14(18)19)13(12)16-15(17)20/h2-4,9-10H,5-8H2,1H3,(H,16,20)(H,18,19). The molecule has 2 aromatic rings. The van der Waals surface area contributed by atoms with Crippen LogP contribution in [0.15, 0.2) is 23.0 Å². The smallest absolute Gasteiger partial charge is 0.337 e. The van der Waals surface area contributed by atoms with Gasteiger partial charge >= 0.3 is 11.7 Å². The van der Waals surface area contributed by atoms with Gasteiger partial charge in [-0.05, 0) is 43.7 Å². The largest absolute Gasteiger partial charge is 0.478 e. The summed E-state index contributed by atoms with van der Waals surface area (Å²) in [7, 11) is 0. The van der Waals surface area contributed by atoms with Gasteiger partial charge in [0.25, 0.3) is 0 Å². The Balaban J connectivity index is 2.12. The zero-order chi connectivity index (χ0) is 14.3. The van der Waals surface area contributed by atoms with Crippen molar-refractivity contribution >= 4 is 17.0 Å². The highest BCUT2D eigenvalue weighted by molar-refractivity contribution is 6.00. The fraction of sp³-hybridized carbons (Fsp3) is 0.467. The van der Waals surface area contributed by atoms with E-state index in [9.17, 15) is 14.7 Å². The minimum atomic E-state index is -1.01. The van der Waals surface area contributed by atoms with Crippen LogP contribution in [-0.2, 0) is 0 Å². The summed E-state index contributed by atoms with van der Waals surface area (Å²) in [5, 5.41) is 9.20. The summed E-state index contributed by atoms with van der Waals surface area (Å²) in [4.78, 5) is 26.1. The molecule has 1 aromatic carbocycles.